The lowest BCUT2D eigenvalue weighted by Crippen LogP contribution is -2.57. The quantitative estimate of drug-likeness (QED) is 0.351. The number of piperazine rings is 1. The van der Waals surface area contributed by atoms with Gasteiger partial charge in [-0.25, -0.2) is 4.98 Å². The molecule has 7 nitrogen and oxygen atoms in total. The zero-order chi connectivity index (χ0) is 20.7. The molecular weight excluding hydrogens is 503 g/mol. The molecule has 0 amide bonds. The van der Waals surface area contributed by atoms with Crippen molar-refractivity contribution in [2.45, 2.75) is 44.6 Å². The van der Waals surface area contributed by atoms with Gasteiger partial charge in [0.1, 0.15) is 5.82 Å². The van der Waals surface area contributed by atoms with Crippen LogP contribution in [0, 0.1) is 0 Å². The number of nitrogens with one attached hydrogen (secondary N) is 1. The van der Waals surface area contributed by atoms with Crippen LogP contribution in [0.3, 0.4) is 0 Å². The minimum absolute atomic E-state index is 0. The second-order valence-corrected chi connectivity index (χ2v) is 8.72. The molecule has 1 aromatic heterocycles. The van der Waals surface area contributed by atoms with Gasteiger partial charge in [-0.3, -0.25) is 9.89 Å². The third-order valence-electron chi connectivity index (χ3n) is 6.88. The minimum Gasteiger partial charge on any atom is -0.379 e. The molecule has 1 saturated carbocycles. The average Bonchev–Trinajstić information content (AvgIpc) is 2.84. The van der Waals surface area contributed by atoms with E-state index in [-0.39, 0.29) is 29.5 Å². The summed E-state index contributed by atoms with van der Waals surface area (Å²) in [5, 5.41) is 3.57. The first-order valence-corrected chi connectivity index (χ1v) is 11.8. The molecule has 4 rings (SSSR count). The van der Waals surface area contributed by atoms with E-state index in [1.54, 1.807) is 0 Å². The van der Waals surface area contributed by atoms with Gasteiger partial charge in [-0.1, -0.05) is 25.3 Å². The summed E-state index contributed by atoms with van der Waals surface area (Å²) in [6.07, 6.45) is 8.43. The van der Waals surface area contributed by atoms with E-state index in [0.717, 1.165) is 77.3 Å². The summed E-state index contributed by atoms with van der Waals surface area (Å²) in [5.74, 6) is 2.16. The summed E-state index contributed by atoms with van der Waals surface area (Å²) >= 11 is 0. The van der Waals surface area contributed by atoms with E-state index >= 15 is 0 Å². The molecule has 1 N–H and O–H groups in total. The van der Waals surface area contributed by atoms with Crippen molar-refractivity contribution in [3.8, 4) is 0 Å². The van der Waals surface area contributed by atoms with Gasteiger partial charge in [0.2, 0.25) is 0 Å². The van der Waals surface area contributed by atoms with Crippen molar-refractivity contribution < 1.29 is 4.74 Å². The van der Waals surface area contributed by atoms with Crippen molar-refractivity contribution in [3.05, 3.63) is 24.4 Å². The van der Waals surface area contributed by atoms with Crippen LogP contribution in [-0.4, -0.2) is 91.9 Å². The first kappa shape index (κ1) is 24.5. The van der Waals surface area contributed by atoms with Crippen molar-refractivity contribution in [1.82, 2.24) is 20.1 Å². The molecule has 1 aliphatic carbocycles. The monoisotopic (exact) mass is 542 g/mol. The van der Waals surface area contributed by atoms with Gasteiger partial charge in [0.05, 0.1) is 19.8 Å². The summed E-state index contributed by atoms with van der Waals surface area (Å²) < 4.78 is 5.63. The number of halogens is 1. The molecule has 0 spiro atoms. The standard InChI is InChI=1S/C23H38N6O.HI/c1-2-24-22(28-14-12-27(13-15-28)21-8-4-7-11-25-21)26-20-23(9-5-3-6-10-23)29-16-18-30-19-17-29;/h4,7-8,11H,2-3,5-6,9-10,12-20H2,1H3,(H,24,26);1H. The molecule has 3 aliphatic rings. The van der Waals surface area contributed by atoms with Crippen LogP contribution in [-0.2, 0) is 4.74 Å². The molecule has 8 heteroatoms. The first-order chi connectivity index (χ1) is 14.8. The highest BCUT2D eigenvalue weighted by atomic mass is 127. The topological polar surface area (TPSA) is 56.2 Å². The number of guanidine groups is 1. The predicted molar refractivity (Wildman–Crippen MR) is 138 cm³/mol. The Hall–Kier alpha value is -1.13. The summed E-state index contributed by atoms with van der Waals surface area (Å²) in [6.45, 7) is 11.7. The average molecular weight is 543 g/mol. The van der Waals surface area contributed by atoms with E-state index in [4.69, 9.17) is 9.73 Å². The van der Waals surface area contributed by atoms with E-state index in [1.165, 1.54) is 32.1 Å². The second kappa shape index (κ2) is 12.2. The molecule has 3 heterocycles. The number of hydrogen-bond donors (Lipinski definition) is 1. The van der Waals surface area contributed by atoms with Crippen LogP contribution in [0.4, 0.5) is 5.82 Å². The minimum atomic E-state index is 0. The van der Waals surface area contributed by atoms with Crippen LogP contribution in [0.15, 0.2) is 29.4 Å². The molecule has 3 fully saturated rings. The molecule has 2 saturated heterocycles. The van der Waals surface area contributed by atoms with Crippen molar-refractivity contribution >= 4 is 35.8 Å². The Bertz CT molecular complexity index is 668. The fourth-order valence-electron chi connectivity index (χ4n) is 5.16. The zero-order valence-electron chi connectivity index (χ0n) is 19.0. The second-order valence-electron chi connectivity index (χ2n) is 8.72. The molecule has 0 atom stereocenters. The molecule has 2 aliphatic heterocycles. The van der Waals surface area contributed by atoms with Crippen LogP contribution in [0.2, 0.25) is 0 Å². The number of anilines is 1. The predicted octanol–water partition coefficient (Wildman–Crippen LogP) is 2.82. The summed E-state index contributed by atoms with van der Waals surface area (Å²) in [7, 11) is 0. The number of nitrogens with zero attached hydrogens (tertiary/aromatic N) is 5. The Balaban J connectivity index is 0.00000272. The van der Waals surface area contributed by atoms with Gasteiger partial charge in [-0.2, -0.15) is 0 Å². The highest BCUT2D eigenvalue weighted by Gasteiger charge is 2.38. The number of aliphatic imine (C=N–C) groups is 1. The lowest BCUT2D eigenvalue weighted by atomic mass is 9.80. The molecule has 1 aromatic rings. The van der Waals surface area contributed by atoms with Crippen LogP contribution >= 0.6 is 24.0 Å². The zero-order valence-corrected chi connectivity index (χ0v) is 21.3. The third-order valence-corrected chi connectivity index (χ3v) is 6.88. The highest BCUT2D eigenvalue weighted by molar-refractivity contribution is 14.0. The summed E-state index contributed by atoms with van der Waals surface area (Å²) in [6, 6.07) is 6.14. The summed E-state index contributed by atoms with van der Waals surface area (Å²) in [5.41, 5.74) is 0.221. The molecule has 0 radical (unpaired) electrons. The maximum absolute atomic E-state index is 5.63. The van der Waals surface area contributed by atoms with Crippen molar-refractivity contribution in [3.63, 3.8) is 0 Å². The van der Waals surface area contributed by atoms with Gasteiger partial charge in [0, 0.05) is 57.5 Å². The van der Waals surface area contributed by atoms with E-state index in [2.05, 4.69) is 44.1 Å². The number of morpholine rings is 1. The number of hydrogen-bond acceptors (Lipinski definition) is 5. The highest BCUT2D eigenvalue weighted by Crippen LogP contribution is 2.34. The van der Waals surface area contributed by atoms with Crippen LogP contribution in [0.5, 0.6) is 0 Å². The van der Waals surface area contributed by atoms with Crippen LogP contribution in [0.25, 0.3) is 0 Å². The Kier molecular flexibility index (Phi) is 9.65. The molecule has 174 valence electrons. The Morgan fingerprint density at radius 2 is 1.81 bits per heavy atom. The van der Waals surface area contributed by atoms with Crippen LogP contribution < -0.4 is 10.2 Å². The smallest absolute Gasteiger partial charge is 0.194 e. The van der Waals surface area contributed by atoms with E-state index in [1.807, 2.05) is 12.3 Å². The van der Waals surface area contributed by atoms with Gasteiger partial charge in [-0.15, -0.1) is 24.0 Å². The van der Waals surface area contributed by atoms with Gasteiger partial charge >= 0.3 is 0 Å². The van der Waals surface area contributed by atoms with Crippen molar-refractivity contribution in [2.24, 2.45) is 4.99 Å². The Labute approximate surface area is 204 Å². The van der Waals surface area contributed by atoms with Gasteiger partial charge in [0.25, 0.3) is 0 Å². The van der Waals surface area contributed by atoms with Gasteiger partial charge in [0.15, 0.2) is 5.96 Å². The fraction of sp³-hybridized carbons (Fsp3) is 0.739. The van der Waals surface area contributed by atoms with Crippen LogP contribution in [0.1, 0.15) is 39.0 Å². The normalized spacial score (nSPS) is 22.7. The number of pyridine rings is 1. The third kappa shape index (κ3) is 6.22. The molecule has 31 heavy (non-hydrogen) atoms. The largest absolute Gasteiger partial charge is 0.379 e. The van der Waals surface area contributed by atoms with E-state index in [0.29, 0.717) is 0 Å². The Morgan fingerprint density at radius 1 is 1.06 bits per heavy atom. The van der Waals surface area contributed by atoms with E-state index in [9.17, 15) is 0 Å². The van der Waals surface area contributed by atoms with E-state index < -0.39 is 0 Å². The number of aromatic nitrogens is 1. The molecule has 0 aromatic carbocycles. The first-order valence-electron chi connectivity index (χ1n) is 11.8. The summed E-state index contributed by atoms with van der Waals surface area (Å²) in [4.78, 5) is 17.2. The number of ether oxygens (including phenoxy) is 1. The molecular formula is C23H39IN6O. The molecule has 0 bridgehead atoms. The maximum atomic E-state index is 5.63. The van der Waals surface area contributed by atoms with Crippen molar-refractivity contribution in [1.29, 1.82) is 0 Å². The fourth-order valence-corrected chi connectivity index (χ4v) is 5.16. The Morgan fingerprint density at radius 3 is 2.45 bits per heavy atom. The van der Waals surface area contributed by atoms with Gasteiger partial charge in [-0.05, 0) is 31.9 Å². The van der Waals surface area contributed by atoms with Gasteiger partial charge < -0.3 is 19.9 Å². The molecule has 0 unspecified atom stereocenters. The lowest BCUT2D eigenvalue weighted by molar-refractivity contribution is -0.0334. The SMILES string of the molecule is CCNC(=NCC1(N2CCOCC2)CCCCC1)N1CCN(c2ccccn2)CC1.I. The number of rotatable bonds is 5. The lowest BCUT2D eigenvalue weighted by Gasteiger charge is -2.47. The maximum Gasteiger partial charge on any atom is 0.194 e. The van der Waals surface area contributed by atoms with Crippen molar-refractivity contribution in [2.75, 3.05) is 70.5 Å².